The first kappa shape index (κ1) is 61.4. The van der Waals surface area contributed by atoms with Crippen molar-refractivity contribution in [2.75, 3.05) is 0 Å². The topological polar surface area (TPSA) is 38.0 Å². The Morgan fingerprint density at radius 1 is 0.300 bits per heavy atom. The Morgan fingerprint density at radius 2 is 0.512 bits per heavy atom. The third-order valence-corrected chi connectivity index (χ3v) is 12.1. The second-order valence-electron chi connectivity index (χ2n) is 17.5. The zero-order valence-electron chi connectivity index (χ0n) is 39.1. The van der Waals surface area contributed by atoms with E-state index in [9.17, 15) is 115 Å². The van der Waals surface area contributed by atoms with Crippen molar-refractivity contribution < 1.29 is 120 Å². The fourth-order valence-electron chi connectivity index (χ4n) is 8.42. The number of ketones is 2. The van der Waals surface area contributed by atoms with Crippen LogP contribution in [0.3, 0.4) is 0 Å². The van der Waals surface area contributed by atoms with Crippen LogP contribution in [0.5, 0.6) is 0 Å². The number of Topliss-reactive ketones (excluding diaryl/α,β-unsaturated/α-hetero) is 1. The van der Waals surface area contributed by atoms with Crippen LogP contribution in [-0.4, -0.2) is 17.7 Å². The number of rotatable bonds is 9. The Labute approximate surface area is 433 Å². The molecule has 3 nitrogen and oxygen atoms in total. The van der Waals surface area contributed by atoms with Crippen LogP contribution in [0, 0.1) is 0 Å². The minimum atomic E-state index is -6.13. The van der Waals surface area contributed by atoms with Crippen molar-refractivity contribution >= 4 is 39.6 Å². The average molecular weight is 1170 g/mol. The quantitative estimate of drug-likeness (QED) is 0.0625. The lowest BCUT2D eigenvalue weighted by Gasteiger charge is -2.46. The molecule has 1 heterocycles. The van der Waals surface area contributed by atoms with Crippen LogP contribution in [0.15, 0.2) is 158 Å². The molecule has 28 heteroatoms. The van der Waals surface area contributed by atoms with Crippen LogP contribution in [0.25, 0.3) is 0 Å². The Kier molecular flexibility index (Phi) is 16.6. The summed E-state index contributed by atoms with van der Waals surface area (Å²) in [5.74, 6) is 0.0184. The highest BCUT2D eigenvalue weighted by Gasteiger charge is 2.47. The lowest BCUT2D eigenvalue weighted by Crippen LogP contribution is -2.75. The molecule has 0 N–H and O–H groups in total. The molecule has 0 radical (unpaired) electrons. The summed E-state index contributed by atoms with van der Waals surface area (Å²) < 4.78 is 343. The molecule has 0 aliphatic rings. The van der Waals surface area contributed by atoms with Gasteiger partial charge in [-0.05, 0) is 24.3 Å². The fraction of sp³-hybridized carbons (Fsp3) is 0.173. The van der Waals surface area contributed by atoms with Gasteiger partial charge < -0.3 is 0 Å². The van der Waals surface area contributed by atoms with Crippen molar-refractivity contribution in [2.24, 2.45) is 0 Å². The summed E-state index contributed by atoms with van der Waals surface area (Å²) in [5.41, 5.74) is -28.3. The molecule has 0 atom stereocenters. The van der Waals surface area contributed by atoms with Crippen molar-refractivity contribution in [3.63, 3.8) is 0 Å². The van der Waals surface area contributed by atoms with Gasteiger partial charge >= 0.3 is 49.4 Å². The summed E-state index contributed by atoms with van der Waals surface area (Å²) >= 11 is 0. The highest BCUT2D eigenvalue weighted by molar-refractivity contribution is 7.20. The number of carbonyl (C=O) groups is 2. The van der Waals surface area contributed by atoms with Gasteiger partial charge in [0.25, 0.3) is 0 Å². The van der Waals surface area contributed by atoms with E-state index in [-0.39, 0.29) is 18.1 Å². The van der Waals surface area contributed by atoms with Crippen LogP contribution in [0.1, 0.15) is 70.8 Å². The van der Waals surface area contributed by atoms with Gasteiger partial charge in [-0.2, -0.15) is 132 Å². The number of benzene rings is 6. The average Bonchev–Trinajstić information content (AvgIpc) is 3.48. The highest BCUT2D eigenvalue weighted by atomic mass is 19.4. The predicted molar refractivity (Wildman–Crippen MR) is 237 cm³/mol. The maximum absolute atomic E-state index is 14.2. The van der Waals surface area contributed by atoms with Crippen molar-refractivity contribution in [1.82, 2.24) is 0 Å². The number of pyridine rings is 1. The van der Waals surface area contributed by atoms with Gasteiger partial charge in [-0.15, -0.1) is 0 Å². The normalized spacial score (nSPS) is 13.2. The number of hydrogen-bond donors (Lipinski definition) is 0. The van der Waals surface area contributed by atoms with E-state index >= 15 is 0 Å². The number of aromatic nitrogens is 1. The van der Waals surface area contributed by atoms with Gasteiger partial charge in [-0.25, -0.2) is 0 Å². The van der Waals surface area contributed by atoms with E-state index in [1.165, 1.54) is 0 Å². The Hall–Kier alpha value is -7.81. The number of alkyl halides is 24. The molecule has 7 aromatic rings. The minimum Gasteiger partial charge on any atom is -0.289 e. The molecule has 1 aromatic heterocycles. The van der Waals surface area contributed by atoms with Crippen LogP contribution >= 0.6 is 0 Å². The zero-order chi connectivity index (χ0) is 60.0. The summed E-state index contributed by atoms with van der Waals surface area (Å²) in [7, 11) is 0. The van der Waals surface area contributed by atoms with Crippen LogP contribution in [0.2, 0.25) is 0 Å². The maximum atomic E-state index is 14.2. The van der Waals surface area contributed by atoms with Crippen molar-refractivity contribution in [1.29, 1.82) is 0 Å². The molecular weight excluding hydrogens is 1140 g/mol. The van der Waals surface area contributed by atoms with Crippen LogP contribution in [0.4, 0.5) is 105 Å². The molecule has 6 aromatic carbocycles. The molecule has 7 rings (SSSR count). The van der Waals surface area contributed by atoms with E-state index in [1.54, 1.807) is 53.4 Å². The largest absolute Gasteiger partial charge is 0.416 e. The molecule has 80 heavy (non-hydrogen) atoms. The van der Waals surface area contributed by atoms with Gasteiger partial charge in [0, 0.05) is 28.8 Å². The SMILES string of the molecule is FC(F)(F)c1cc([B-](c2cc(C(F)(F)F)cc(C(F)(F)F)c2)(c2cc(C(F)(F)F)cc(C(F)(F)F)c2)c2cc(C(F)(F)F)cc(C(F)(F)F)c2)cc(C(F)(F)F)c1.O=C(C[n+]1ccc(C(=O)c2ccccc2)cc1)c1ccccc1. The molecule has 0 bridgehead atoms. The summed E-state index contributed by atoms with van der Waals surface area (Å²) in [6.07, 6.45) is -51.3. The van der Waals surface area contributed by atoms with E-state index in [4.69, 9.17) is 0 Å². The lowest BCUT2D eigenvalue weighted by molar-refractivity contribution is -0.683. The standard InChI is InChI=1S/C32H12BF24.C20H16NO2/c34-25(35,36)13-1-14(26(37,38)39)6-21(5-13)33(22-7-15(27(40,41)42)2-16(8-22)28(43,44)45,23-9-17(29(46,47)48)3-18(10-23)30(49,50)51)24-11-19(31(52,53)54)4-20(12-24)32(55,56)57;22-19(16-7-3-1-4-8-16)15-21-13-11-18(12-14-21)20(23)17-9-5-2-6-10-17/h1-12H;1-14H,15H2/q-1;+1. The van der Waals surface area contributed by atoms with Gasteiger partial charge in [0.1, 0.15) is 6.15 Å². The molecule has 0 saturated heterocycles. The first-order valence-corrected chi connectivity index (χ1v) is 22.0. The zero-order valence-corrected chi connectivity index (χ0v) is 39.1. The molecule has 0 aliphatic heterocycles. The monoisotopic (exact) mass is 1170 g/mol. The number of halogens is 24. The molecule has 0 spiro atoms. The number of carbonyl (C=O) groups excluding carboxylic acids is 2. The third-order valence-electron chi connectivity index (χ3n) is 12.1. The molecule has 0 aliphatic carbocycles. The predicted octanol–water partition coefficient (Wildman–Crippen LogP) is 14.3. The number of nitrogens with zero attached hydrogens (tertiary/aromatic N) is 1. The van der Waals surface area contributed by atoms with Crippen molar-refractivity contribution in [2.45, 2.75) is 56.0 Å². The highest BCUT2D eigenvalue weighted by Crippen LogP contribution is 2.41. The van der Waals surface area contributed by atoms with E-state index in [0.717, 1.165) is 0 Å². The van der Waals surface area contributed by atoms with Gasteiger partial charge in [0.2, 0.25) is 12.3 Å². The molecule has 0 fully saturated rings. The molecule has 0 saturated carbocycles. The van der Waals surface area contributed by atoms with Gasteiger partial charge in [-0.3, -0.25) is 9.59 Å². The molecule has 0 amide bonds. The Bertz CT molecular complexity index is 2930. The lowest BCUT2D eigenvalue weighted by atomic mass is 9.12. The van der Waals surface area contributed by atoms with E-state index < -0.39 is 195 Å². The summed E-state index contributed by atoms with van der Waals surface area (Å²) in [6.45, 7) is 0.254. The van der Waals surface area contributed by atoms with Crippen LogP contribution < -0.4 is 26.4 Å². The van der Waals surface area contributed by atoms with E-state index in [2.05, 4.69) is 0 Å². The third kappa shape index (κ3) is 14.1. The van der Waals surface area contributed by atoms with Gasteiger partial charge in [0.15, 0.2) is 18.2 Å². The van der Waals surface area contributed by atoms with Crippen LogP contribution in [-0.2, 0) is 56.0 Å². The maximum Gasteiger partial charge on any atom is 0.416 e. The second kappa shape index (κ2) is 21.7. The second-order valence-corrected chi connectivity index (χ2v) is 17.5. The van der Waals surface area contributed by atoms with Gasteiger partial charge in [-0.1, -0.05) is 109 Å². The van der Waals surface area contributed by atoms with E-state index in [1.807, 2.05) is 36.4 Å². The number of hydrogen-bond acceptors (Lipinski definition) is 2. The molecular formula is C52H28BF24NO2. The van der Waals surface area contributed by atoms with E-state index in [0.29, 0.717) is 16.7 Å². The molecule has 424 valence electrons. The minimum absolute atomic E-state index is 0.0212. The smallest absolute Gasteiger partial charge is 0.289 e. The Balaban J connectivity index is 0.000000370. The summed E-state index contributed by atoms with van der Waals surface area (Å²) in [5, 5.41) is 0. The molecule has 0 unspecified atom stereocenters. The first-order chi connectivity index (χ1) is 36.5. The first-order valence-electron chi connectivity index (χ1n) is 22.0. The van der Waals surface area contributed by atoms with Crippen molar-refractivity contribution in [3.8, 4) is 0 Å². The van der Waals surface area contributed by atoms with Crippen molar-refractivity contribution in [3.05, 3.63) is 219 Å². The Morgan fingerprint density at radius 3 is 0.738 bits per heavy atom. The fourth-order valence-corrected chi connectivity index (χ4v) is 8.42. The summed E-state index contributed by atoms with van der Waals surface area (Å²) in [4.78, 5) is 24.5. The van der Waals surface area contributed by atoms with Gasteiger partial charge in [0.05, 0.1) is 44.5 Å². The summed E-state index contributed by atoms with van der Waals surface area (Å²) in [6, 6.07) is 13.0.